The quantitative estimate of drug-likeness (QED) is 0.563. The second-order valence-electron chi connectivity index (χ2n) is 9.95. The molecule has 0 amide bonds. The second-order valence-corrected chi connectivity index (χ2v) is 9.95. The minimum Gasteiger partial charge on any atom is -0.0625 e. The highest BCUT2D eigenvalue weighted by molar-refractivity contribution is 5.30. The van der Waals surface area contributed by atoms with Crippen molar-refractivity contribution in [1.82, 2.24) is 0 Å². The second kappa shape index (κ2) is 6.26. The first kappa shape index (κ1) is 17.1. The molecule has 2 saturated carbocycles. The van der Waals surface area contributed by atoms with Crippen molar-refractivity contribution in [3.63, 3.8) is 0 Å². The molecular formula is C23H36. The number of hydrogen-bond donors (Lipinski definition) is 0. The zero-order valence-electron chi connectivity index (χ0n) is 16.1. The molecule has 1 aromatic carbocycles. The smallest absolute Gasteiger partial charge is 0.0128 e. The van der Waals surface area contributed by atoms with E-state index >= 15 is 0 Å². The van der Waals surface area contributed by atoms with Crippen molar-refractivity contribution in [1.29, 1.82) is 0 Å². The van der Waals surface area contributed by atoms with E-state index in [-0.39, 0.29) is 5.41 Å². The van der Waals surface area contributed by atoms with Gasteiger partial charge in [0, 0.05) is 0 Å². The van der Waals surface area contributed by atoms with Crippen molar-refractivity contribution < 1.29 is 0 Å². The van der Waals surface area contributed by atoms with Crippen LogP contribution in [0.5, 0.6) is 0 Å². The molecular weight excluding hydrogens is 276 g/mol. The van der Waals surface area contributed by atoms with Gasteiger partial charge in [0.1, 0.15) is 0 Å². The Kier molecular flexibility index (Phi) is 4.64. The van der Waals surface area contributed by atoms with Gasteiger partial charge in [0.2, 0.25) is 0 Å². The zero-order chi connectivity index (χ0) is 16.8. The van der Waals surface area contributed by atoms with Crippen LogP contribution in [-0.2, 0) is 5.41 Å². The average Bonchev–Trinajstić information content (AvgIpc) is 2.85. The fourth-order valence-electron chi connectivity index (χ4n) is 5.35. The average molecular weight is 313 g/mol. The molecule has 2 fully saturated rings. The fraction of sp³-hybridized carbons (Fsp3) is 0.739. The Morgan fingerprint density at radius 1 is 0.913 bits per heavy atom. The highest BCUT2D eigenvalue weighted by Gasteiger charge is 2.43. The van der Waals surface area contributed by atoms with Gasteiger partial charge in [-0.25, -0.2) is 0 Å². The maximum absolute atomic E-state index is 2.47. The van der Waals surface area contributed by atoms with E-state index in [0.29, 0.717) is 0 Å². The van der Waals surface area contributed by atoms with E-state index in [4.69, 9.17) is 0 Å². The van der Waals surface area contributed by atoms with Crippen LogP contribution in [0.3, 0.4) is 0 Å². The Morgan fingerprint density at radius 2 is 1.57 bits per heavy atom. The minimum absolute atomic E-state index is 0.260. The third-order valence-corrected chi connectivity index (χ3v) is 6.81. The van der Waals surface area contributed by atoms with E-state index in [0.717, 1.165) is 35.5 Å². The Balaban J connectivity index is 1.86. The monoisotopic (exact) mass is 312 g/mol. The summed E-state index contributed by atoms with van der Waals surface area (Å²) in [4.78, 5) is 0. The van der Waals surface area contributed by atoms with Gasteiger partial charge in [0.05, 0.1) is 0 Å². The number of rotatable bonds is 2. The van der Waals surface area contributed by atoms with Crippen LogP contribution in [0.15, 0.2) is 24.3 Å². The summed E-state index contributed by atoms with van der Waals surface area (Å²) in [5.74, 6) is 5.43. The lowest BCUT2D eigenvalue weighted by Gasteiger charge is -2.41. The third kappa shape index (κ3) is 3.52. The molecule has 0 N–H and O–H groups in total. The van der Waals surface area contributed by atoms with E-state index in [1.165, 1.54) is 31.2 Å². The van der Waals surface area contributed by atoms with Crippen LogP contribution >= 0.6 is 0 Å². The number of fused-ring (bicyclic) bond motifs is 1. The summed E-state index contributed by atoms with van der Waals surface area (Å²) < 4.78 is 0. The molecule has 2 aliphatic rings. The summed E-state index contributed by atoms with van der Waals surface area (Å²) in [5, 5.41) is 0. The first-order chi connectivity index (χ1) is 10.8. The zero-order valence-corrected chi connectivity index (χ0v) is 16.1. The summed E-state index contributed by atoms with van der Waals surface area (Å²) in [6, 6.07) is 9.69. The van der Waals surface area contributed by atoms with Crippen molar-refractivity contribution in [3.8, 4) is 0 Å². The van der Waals surface area contributed by atoms with Gasteiger partial charge in [0.25, 0.3) is 0 Å². The number of benzene rings is 1. The van der Waals surface area contributed by atoms with Crippen LogP contribution in [0.2, 0.25) is 0 Å². The molecule has 3 rings (SSSR count). The summed E-state index contributed by atoms with van der Waals surface area (Å²) in [7, 11) is 0. The summed E-state index contributed by atoms with van der Waals surface area (Å²) in [5.41, 5.74) is 3.34. The van der Waals surface area contributed by atoms with Gasteiger partial charge < -0.3 is 0 Å². The molecule has 0 radical (unpaired) electrons. The largest absolute Gasteiger partial charge is 0.0625 e. The maximum atomic E-state index is 2.47. The third-order valence-electron chi connectivity index (χ3n) is 6.81. The van der Waals surface area contributed by atoms with Gasteiger partial charge in [-0.1, -0.05) is 65.8 Å². The topological polar surface area (TPSA) is 0 Å². The van der Waals surface area contributed by atoms with Crippen LogP contribution in [0.1, 0.15) is 84.3 Å². The molecule has 1 aromatic rings. The fourth-order valence-corrected chi connectivity index (χ4v) is 5.35. The van der Waals surface area contributed by atoms with Crippen molar-refractivity contribution in [2.24, 2.45) is 29.6 Å². The lowest BCUT2D eigenvalue weighted by molar-refractivity contribution is 0.144. The van der Waals surface area contributed by atoms with Gasteiger partial charge in [0.15, 0.2) is 0 Å². The van der Waals surface area contributed by atoms with Gasteiger partial charge in [-0.15, -0.1) is 0 Å². The predicted octanol–water partition coefficient (Wildman–Crippen LogP) is 6.80. The predicted molar refractivity (Wildman–Crippen MR) is 101 cm³/mol. The van der Waals surface area contributed by atoms with E-state index in [2.05, 4.69) is 65.8 Å². The van der Waals surface area contributed by atoms with Crippen LogP contribution in [0.4, 0.5) is 0 Å². The summed E-state index contributed by atoms with van der Waals surface area (Å²) in [6.07, 6.45) is 5.84. The minimum atomic E-state index is 0.260. The molecule has 0 spiro atoms. The van der Waals surface area contributed by atoms with Crippen molar-refractivity contribution in [3.05, 3.63) is 35.4 Å². The van der Waals surface area contributed by atoms with Crippen LogP contribution in [0.25, 0.3) is 0 Å². The maximum Gasteiger partial charge on any atom is -0.0128 e. The highest BCUT2D eigenvalue weighted by Crippen LogP contribution is 2.54. The molecule has 0 heterocycles. The summed E-state index contributed by atoms with van der Waals surface area (Å²) in [6.45, 7) is 14.3. The normalized spacial score (nSPS) is 34.7. The SMILES string of the molecule is CC1CC2CC(C(C)C)CC(c3ccc(C(C)(C)C)cc3)C2C1. The lowest BCUT2D eigenvalue weighted by atomic mass is 9.64. The molecule has 0 aliphatic heterocycles. The van der Waals surface area contributed by atoms with E-state index in [9.17, 15) is 0 Å². The van der Waals surface area contributed by atoms with Crippen molar-refractivity contribution in [2.45, 2.75) is 78.6 Å². The molecule has 5 unspecified atom stereocenters. The Labute approximate surface area is 144 Å². The van der Waals surface area contributed by atoms with Gasteiger partial charge >= 0.3 is 0 Å². The van der Waals surface area contributed by atoms with Crippen molar-refractivity contribution in [2.75, 3.05) is 0 Å². The van der Waals surface area contributed by atoms with Crippen LogP contribution in [-0.4, -0.2) is 0 Å². The Morgan fingerprint density at radius 3 is 2.13 bits per heavy atom. The van der Waals surface area contributed by atoms with Crippen LogP contribution in [0, 0.1) is 29.6 Å². The van der Waals surface area contributed by atoms with Gasteiger partial charge in [-0.05, 0) is 77.7 Å². The molecule has 0 saturated heterocycles. The van der Waals surface area contributed by atoms with Crippen molar-refractivity contribution >= 4 is 0 Å². The molecule has 5 atom stereocenters. The standard InChI is InChI=1S/C23H36/c1-15(2)18-13-19-11-16(3)12-21(19)22(14-18)17-7-9-20(10-8-17)23(4,5)6/h7-10,15-16,18-19,21-22H,11-14H2,1-6H3. The van der Waals surface area contributed by atoms with E-state index in [1.807, 2.05) is 0 Å². The molecule has 2 aliphatic carbocycles. The highest BCUT2D eigenvalue weighted by atomic mass is 14.5. The van der Waals surface area contributed by atoms with E-state index in [1.54, 1.807) is 5.56 Å². The van der Waals surface area contributed by atoms with E-state index < -0.39 is 0 Å². The molecule has 0 heteroatoms. The Hall–Kier alpha value is -0.780. The number of hydrogen-bond acceptors (Lipinski definition) is 0. The van der Waals surface area contributed by atoms with Crippen LogP contribution < -0.4 is 0 Å². The molecule has 128 valence electrons. The Bertz CT molecular complexity index is 516. The van der Waals surface area contributed by atoms with Gasteiger partial charge in [-0.2, -0.15) is 0 Å². The molecule has 23 heavy (non-hydrogen) atoms. The first-order valence-electron chi connectivity index (χ1n) is 9.86. The summed E-state index contributed by atoms with van der Waals surface area (Å²) >= 11 is 0. The molecule has 0 bridgehead atoms. The first-order valence-corrected chi connectivity index (χ1v) is 9.86. The van der Waals surface area contributed by atoms with Gasteiger partial charge in [-0.3, -0.25) is 0 Å². The lowest BCUT2D eigenvalue weighted by Crippen LogP contribution is -2.30. The molecule has 0 aromatic heterocycles. The molecule has 0 nitrogen and oxygen atoms in total.